The van der Waals surface area contributed by atoms with Gasteiger partial charge in [0.25, 0.3) is 0 Å². The van der Waals surface area contributed by atoms with E-state index in [2.05, 4.69) is 6.92 Å². The number of ether oxygens (including phenoxy) is 1. The number of hydrogen-bond donors (Lipinski definition) is 1. The molecule has 0 aliphatic carbocycles. The molecule has 0 aromatic carbocycles. The normalized spacial score (nSPS) is 13.4. The van der Waals surface area contributed by atoms with Crippen molar-refractivity contribution in [3.8, 4) is 0 Å². The highest BCUT2D eigenvalue weighted by molar-refractivity contribution is 7.99. The molecular formula is C8H19NOS. The van der Waals surface area contributed by atoms with E-state index in [4.69, 9.17) is 10.5 Å². The molecule has 0 rings (SSSR count). The average Bonchev–Trinajstić information content (AvgIpc) is 2.04. The lowest BCUT2D eigenvalue weighted by Crippen LogP contribution is -2.21. The molecule has 1 atom stereocenters. The van der Waals surface area contributed by atoms with Crippen molar-refractivity contribution in [2.24, 2.45) is 5.73 Å². The first kappa shape index (κ1) is 11.3. The van der Waals surface area contributed by atoms with Gasteiger partial charge < -0.3 is 10.5 Å². The minimum Gasteiger partial charge on any atom is -0.385 e. The average molecular weight is 177 g/mol. The zero-order chi connectivity index (χ0) is 8.53. The molecule has 0 aliphatic rings. The van der Waals surface area contributed by atoms with Gasteiger partial charge in [0.05, 0.1) is 0 Å². The van der Waals surface area contributed by atoms with E-state index in [1.165, 1.54) is 5.75 Å². The lowest BCUT2D eigenvalue weighted by molar-refractivity contribution is 0.200. The summed E-state index contributed by atoms with van der Waals surface area (Å²) in [5.74, 6) is 2.25. The van der Waals surface area contributed by atoms with Crippen LogP contribution in [-0.4, -0.2) is 31.3 Å². The zero-order valence-corrected chi connectivity index (χ0v) is 8.32. The van der Waals surface area contributed by atoms with Gasteiger partial charge in [-0.1, -0.05) is 6.92 Å². The van der Waals surface area contributed by atoms with Crippen molar-refractivity contribution >= 4 is 11.8 Å². The van der Waals surface area contributed by atoms with Crippen molar-refractivity contribution < 1.29 is 4.74 Å². The Balaban J connectivity index is 2.89. The molecule has 0 amide bonds. The van der Waals surface area contributed by atoms with Crippen LogP contribution in [0.15, 0.2) is 0 Å². The van der Waals surface area contributed by atoms with E-state index in [1.807, 2.05) is 11.8 Å². The van der Waals surface area contributed by atoms with Gasteiger partial charge in [0.1, 0.15) is 0 Å². The Bertz CT molecular complexity index is 80.5. The summed E-state index contributed by atoms with van der Waals surface area (Å²) in [5.41, 5.74) is 5.74. The number of hydrogen-bond acceptors (Lipinski definition) is 3. The molecule has 1 unspecified atom stereocenters. The number of rotatable bonds is 7. The number of methoxy groups -OCH3 is 1. The van der Waals surface area contributed by atoms with Crippen LogP contribution < -0.4 is 5.73 Å². The Morgan fingerprint density at radius 2 is 2.27 bits per heavy atom. The van der Waals surface area contributed by atoms with Crippen LogP contribution in [0, 0.1) is 0 Å². The molecule has 0 spiro atoms. The standard InChI is InChI=1S/C8H19NOS/c1-3-8(9)7-11-6-4-5-10-2/h8H,3-7,9H2,1-2H3. The van der Waals surface area contributed by atoms with Crippen LogP contribution in [0.5, 0.6) is 0 Å². The molecule has 0 radical (unpaired) electrons. The fourth-order valence-electron chi connectivity index (χ4n) is 0.658. The van der Waals surface area contributed by atoms with Gasteiger partial charge in [0.15, 0.2) is 0 Å². The van der Waals surface area contributed by atoms with Crippen LogP contribution in [0.2, 0.25) is 0 Å². The van der Waals surface area contributed by atoms with Crippen molar-refractivity contribution in [1.29, 1.82) is 0 Å². The SMILES string of the molecule is CCC(N)CSCCCOC. The van der Waals surface area contributed by atoms with Crippen LogP contribution >= 0.6 is 11.8 Å². The van der Waals surface area contributed by atoms with Crippen LogP contribution in [0.4, 0.5) is 0 Å². The van der Waals surface area contributed by atoms with Gasteiger partial charge in [-0.15, -0.1) is 0 Å². The molecule has 2 N–H and O–H groups in total. The van der Waals surface area contributed by atoms with E-state index in [0.717, 1.165) is 25.2 Å². The van der Waals surface area contributed by atoms with E-state index >= 15 is 0 Å². The summed E-state index contributed by atoms with van der Waals surface area (Å²) in [5, 5.41) is 0. The maximum Gasteiger partial charge on any atom is 0.0470 e. The van der Waals surface area contributed by atoms with E-state index < -0.39 is 0 Å². The molecule has 3 heteroatoms. The van der Waals surface area contributed by atoms with Gasteiger partial charge in [-0.3, -0.25) is 0 Å². The third kappa shape index (κ3) is 8.17. The summed E-state index contributed by atoms with van der Waals surface area (Å²) in [6.45, 7) is 2.99. The first-order valence-corrected chi connectivity index (χ1v) is 5.29. The first-order valence-electron chi connectivity index (χ1n) is 4.13. The van der Waals surface area contributed by atoms with Crippen molar-refractivity contribution in [3.63, 3.8) is 0 Å². The molecule has 68 valence electrons. The smallest absolute Gasteiger partial charge is 0.0470 e. The summed E-state index contributed by atoms with van der Waals surface area (Å²) in [7, 11) is 1.74. The van der Waals surface area contributed by atoms with Gasteiger partial charge in [-0.2, -0.15) is 11.8 Å². The molecular weight excluding hydrogens is 158 g/mol. The minimum absolute atomic E-state index is 0.377. The molecule has 0 saturated carbocycles. The summed E-state index contributed by atoms with van der Waals surface area (Å²) in [4.78, 5) is 0. The quantitative estimate of drug-likeness (QED) is 0.598. The summed E-state index contributed by atoms with van der Waals surface area (Å²) < 4.78 is 4.93. The van der Waals surface area contributed by atoms with Crippen molar-refractivity contribution in [1.82, 2.24) is 0 Å². The molecule has 0 aromatic heterocycles. The third-order valence-electron chi connectivity index (χ3n) is 1.49. The Morgan fingerprint density at radius 1 is 1.55 bits per heavy atom. The Labute approximate surface area is 73.9 Å². The topological polar surface area (TPSA) is 35.2 Å². The van der Waals surface area contributed by atoms with Crippen LogP contribution in [0.25, 0.3) is 0 Å². The van der Waals surface area contributed by atoms with Crippen molar-refractivity contribution in [2.45, 2.75) is 25.8 Å². The molecule has 0 heterocycles. The lowest BCUT2D eigenvalue weighted by Gasteiger charge is -2.06. The molecule has 0 aromatic rings. The fraction of sp³-hybridized carbons (Fsp3) is 1.00. The fourth-order valence-corrected chi connectivity index (χ4v) is 1.68. The summed E-state index contributed by atoms with van der Waals surface area (Å²) in [6.07, 6.45) is 2.22. The first-order chi connectivity index (χ1) is 5.31. The largest absolute Gasteiger partial charge is 0.385 e. The molecule has 0 bridgehead atoms. The van der Waals surface area contributed by atoms with E-state index in [1.54, 1.807) is 7.11 Å². The Hall–Kier alpha value is 0.270. The van der Waals surface area contributed by atoms with Crippen molar-refractivity contribution in [2.75, 3.05) is 25.2 Å². The third-order valence-corrected chi connectivity index (χ3v) is 2.73. The van der Waals surface area contributed by atoms with Gasteiger partial charge in [-0.05, 0) is 18.6 Å². The highest BCUT2D eigenvalue weighted by atomic mass is 32.2. The molecule has 11 heavy (non-hydrogen) atoms. The Morgan fingerprint density at radius 3 is 2.82 bits per heavy atom. The van der Waals surface area contributed by atoms with Gasteiger partial charge in [0.2, 0.25) is 0 Å². The summed E-state index contributed by atoms with van der Waals surface area (Å²) >= 11 is 1.92. The lowest BCUT2D eigenvalue weighted by atomic mass is 10.3. The highest BCUT2D eigenvalue weighted by Crippen LogP contribution is 2.05. The Kier molecular flexibility index (Phi) is 8.57. The van der Waals surface area contributed by atoms with Crippen LogP contribution in [-0.2, 0) is 4.74 Å². The second-order valence-electron chi connectivity index (χ2n) is 2.59. The number of nitrogens with two attached hydrogens (primary N) is 1. The van der Waals surface area contributed by atoms with E-state index in [0.29, 0.717) is 6.04 Å². The van der Waals surface area contributed by atoms with Crippen LogP contribution in [0.1, 0.15) is 19.8 Å². The van der Waals surface area contributed by atoms with Gasteiger partial charge in [0, 0.05) is 25.5 Å². The zero-order valence-electron chi connectivity index (χ0n) is 7.51. The van der Waals surface area contributed by atoms with Gasteiger partial charge in [-0.25, -0.2) is 0 Å². The maximum absolute atomic E-state index is 5.74. The monoisotopic (exact) mass is 177 g/mol. The van der Waals surface area contributed by atoms with E-state index in [-0.39, 0.29) is 0 Å². The van der Waals surface area contributed by atoms with Gasteiger partial charge >= 0.3 is 0 Å². The number of thioether (sulfide) groups is 1. The van der Waals surface area contributed by atoms with Crippen LogP contribution in [0.3, 0.4) is 0 Å². The minimum atomic E-state index is 0.377. The molecule has 0 fully saturated rings. The second-order valence-corrected chi connectivity index (χ2v) is 3.74. The molecule has 0 saturated heterocycles. The maximum atomic E-state index is 5.74. The summed E-state index contributed by atoms with van der Waals surface area (Å²) in [6, 6.07) is 0.377. The predicted molar refractivity (Wildman–Crippen MR) is 52.1 cm³/mol. The predicted octanol–water partition coefficient (Wildman–Crippen LogP) is 1.49. The van der Waals surface area contributed by atoms with E-state index in [9.17, 15) is 0 Å². The van der Waals surface area contributed by atoms with Crippen molar-refractivity contribution in [3.05, 3.63) is 0 Å². The molecule has 2 nitrogen and oxygen atoms in total. The second kappa shape index (κ2) is 8.37. The highest BCUT2D eigenvalue weighted by Gasteiger charge is 1.97. The molecule has 0 aliphatic heterocycles.